The summed E-state index contributed by atoms with van der Waals surface area (Å²) in [5.41, 5.74) is 3.46. The van der Waals surface area contributed by atoms with Gasteiger partial charge in [0.2, 0.25) is 0 Å². The van der Waals surface area contributed by atoms with Crippen molar-refractivity contribution in [2.75, 3.05) is 0 Å². The van der Waals surface area contributed by atoms with Gasteiger partial charge in [-0.25, -0.2) is 43.9 Å². The third-order valence-corrected chi connectivity index (χ3v) is 9.39. The number of hydrogen-bond acceptors (Lipinski definition) is 0. The van der Waals surface area contributed by atoms with Gasteiger partial charge in [-0.15, -0.1) is 0 Å². The maximum absolute atomic E-state index is 12.9. The molecule has 0 radical (unpaired) electrons. The van der Waals surface area contributed by atoms with Crippen LogP contribution >= 0.6 is 0 Å². The fourth-order valence-corrected chi connectivity index (χ4v) is 5.76. The average Bonchev–Trinajstić information content (AvgIpc) is 3.20. The van der Waals surface area contributed by atoms with Crippen molar-refractivity contribution in [2.24, 2.45) is 0 Å². The van der Waals surface area contributed by atoms with E-state index in [4.69, 9.17) is 0 Å². The molecule has 348 valence electrons. The van der Waals surface area contributed by atoms with Gasteiger partial charge in [0.25, 0.3) is 0 Å². The second-order valence-corrected chi connectivity index (χ2v) is 16.6. The number of benzene rings is 6. The lowest BCUT2D eigenvalue weighted by Gasteiger charge is -2.06. The first kappa shape index (κ1) is 56.6. The van der Waals surface area contributed by atoms with Gasteiger partial charge in [-0.2, -0.15) is 0 Å². The predicted octanol–water partition coefficient (Wildman–Crippen LogP) is 18.3. The van der Waals surface area contributed by atoms with Crippen LogP contribution in [0.2, 0.25) is 0 Å². The average molecular weight is 901 g/mol. The zero-order valence-corrected chi connectivity index (χ0v) is 38.8. The first-order valence-corrected chi connectivity index (χ1v) is 21.2. The Morgan fingerprint density at radius 3 is 1.08 bits per heavy atom. The molecular weight excluding hydrogens is 839 g/mol. The van der Waals surface area contributed by atoms with Gasteiger partial charge in [-0.05, 0) is 124 Å². The van der Waals surface area contributed by atoms with Crippen molar-refractivity contribution in [1.82, 2.24) is 0 Å². The second kappa shape index (κ2) is 28.4. The highest BCUT2D eigenvalue weighted by Crippen LogP contribution is 2.23. The van der Waals surface area contributed by atoms with Gasteiger partial charge in [0, 0.05) is 11.6 Å². The topological polar surface area (TPSA) is 0 Å². The van der Waals surface area contributed by atoms with Crippen LogP contribution in [0.3, 0.4) is 0 Å². The van der Waals surface area contributed by atoms with Crippen LogP contribution in [-0.4, -0.2) is 0 Å². The maximum atomic E-state index is 12.9. The van der Waals surface area contributed by atoms with E-state index in [2.05, 4.69) is 13.8 Å². The first-order valence-electron chi connectivity index (χ1n) is 21.2. The SMILES string of the molecule is CC(C)c1c(F)cccc1F.CC(C)c1cc(F)ccc1F.CC(C)c1ccc(F)cc1F.CC(C)c1cccc(F)c1.CC(C)c1cccc(F)c1F.CC(C)c1ccccc1F. The number of hydrogen-bond donors (Lipinski definition) is 0. The van der Waals surface area contributed by atoms with E-state index in [1.807, 2.05) is 73.6 Å². The van der Waals surface area contributed by atoms with Gasteiger partial charge in [0.1, 0.15) is 46.5 Å². The predicted molar refractivity (Wildman–Crippen MR) is 243 cm³/mol. The molecule has 0 fully saturated rings. The lowest BCUT2D eigenvalue weighted by atomic mass is 10.0. The van der Waals surface area contributed by atoms with Crippen molar-refractivity contribution in [3.63, 3.8) is 0 Å². The summed E-state index contributed by atoms with van der Waals surface area (Å²) in [5.74, 6) is -3.58. The van der Waals surface area contributed by atoms with Gasteiger partial charge >= 0.3 is 0 Å². The quantitative estimate of drug-likeness (QED) is 0.146. The lowest BCUT2D eigenvalue weighted by Crippen LogP contribution is -1.96. The van der Waals surface area contributed by atoms with Crippen LogP contribution in [0.5, 0.6) is 0 Å². The summed E-state index contributed by atoms with van der Waals surface area (Å²) in [6.45, 7) is 22.7. The summed E-state index contributed by atoms with van der Waals surface area (Å²) in [7, 11) is 0. The Balaban J connectivity index is 0.000000384. The molecule has 0 saturated heterocycles. The molecule has 0 aliphatic carbocycles. The molecule has 0 aromatic heterocycles. The smallest absolute Gasteiger partial charge is 0.162 e. The Hall–Kier alpha value is -5.38. The third-order valence-electron chi connectivity index (χ3n) is 9.39. The molecule has 64 heavy (non-hydrogen) atoms. The van der Waals surface area contributed by atoms with Gasteiger partial charge in [0.05, 0.1) is 0 Å². The summed E-state index contributed by atoms with van der Waals surface area (Å²) < 4.78 is 127. The molecule has 0 spiro atoms. The fourth-order valence-electron chi connectivity index (χ4n) is 5.76. The summed E-state index contributed by atoms with van der Waals surface area (Å²) in [6, 6.07) is 29.0. The molecule has 0 nitrogen and oxygen atoms in total. The second-order valence-electron chi connectivity index (χ2n) is 16.6. The molecule has 6 rings (SSSR count). The van der Waals surface area contributed by atoms with Crippen LogP contribution in [-0.2, 0) is 0 Å². The largest absolute Gasteiger partial charge is 0.207 e. The fraction of sp³-hybridized carbons (Fsp3) is 0.333. The third kappa shape index (κ3) is 20.0. The van der Waals surface area contributed by atoms with E-state index in [1.54, 1.807) is 38.1 Å². The summed E-state index contributed by atoms with van der Waals surface area (Å²) >= 11 is 0. The molecule has 0 atom stereocenters. The highest BCUT2D eigenvalue weighted by Gasteiger charge is 2.12. The van der Waals surface area contributed by atoms with Crippen LogP contribution in [0.1, 0.15) is 152 Å². The van der Waals surface area contributed by atoms with E-state index in [9.17, 15) is 43.9 Å². The van der Waals surface area contributed by atoms with Crippen LogP contribution < -0.4 is 0 Å². The normalized spacial score (nSPS) is 10.6. The van der Waals surface area contributed by atoms with E-state index < -0.39 is 34.9 Å². The molecular formula is C54H62F10. The Morgan fingerprint density at radius 1 is 0.266 bits per heavy atom. The minimum Gasteiger partial charge on any atom is -0.207 e. The molecule has 0 aliphatic rings. The zero-order chi connectivity index (χ0) is 48.8. The molecule has 0 aliphatic heterocycles. The van der Waals surface area contributed by atoms with Gasteiger partial charge in [0.15, 0.2) is 11.6 Å². The molecule has 10 heteroatoms. The Kier molecular flexibility index (Phi) is 25.2. The van der Waals surface area contributed by atoms with Crippen LogP contribution in [0.25, 0.3) is 0 Å². The van der Waals surface area contributed by atoms with Crippen molar-refractivity contribution in [1.29, 1.82) is 0 Å². The Bertz CT molecular complexity index is 2250. The van der Waals surface area contributed by atoms with E-state index in [1.165, 1.54) is 54.6 Å². The number of rotatable bonds is 6. The Morgan fingerprint density at radius 2 is 0.672 bits per heavy atom. The van der Waals surface area contributed by atoms with Gasteiger partial charge < -0.3 is 0 Å². The molecule has 0 unspecified atom stereocenters. The van der Waals surface area contributed by atoms with Crippen molar-refractivity contribution in [3.05, 3.63) is 213 Å². The molecule has 0 N–H and O–H groups in total. The minimum absolute atomic E-state index is 0.0331. The molecule has 6 aromatic carbocycles. The van der Waals surface area contributed by atoms with Crippen molar-refractivity contribution >= 4 is 0 Å². The maximum Gasteiger partial charge on any atom is 0.162 e. The summed E-state index contributed by atoms with van der Waals surface area (Å²) in [5, 5.41) is 0. The standard InChI is InChI=1S/4C9H10F2.2C9H11F/c1-6(2)8-5-7(10)3-4-9(8)11;1-6(2)8-4-3-7(10)5-9(8)11;1-6(2)9-7(10)4-3-5-8(9)11;1-6(2)7-4-3-5-8(10)9(7)11;1-7(2)8-4-3-5-9(10)6-8;1-7(2)8-5-3-4-6-9(8)10/h4*3-6H,1-2H3;2*3-7H,1-2H3. The van der Waals surface area contributed by atoms with Gasteiger partial charge in [-0.3, -0.25) is 0 Å². The Labute approximate surface area is 374 Å². The molecule has 0 bridgehead atoms. The van der Waals surface area contributed by atoms with Crippen LogP contribution in [0, 0.1) is 58.2 Å². The summed E-state index contributed by atoms with van der Waals surface area (Å²) in [6.07, 6.45) is 0. The first-order chi connectivity index (χ1) is 29.9. The molecule has 0 amide bonds. The highest BCUT2D eigenvalue weighted by molar-refractivity contribution is 5.25. The van der Waals surface area contributed by atoms with E-state index in [0.29, 0.717) is 22.6 Å². The molecule has 0 saturated carbocycles. The monoisotopic (exact) mass is 900 g/mol. The lowest BCUT2D eigenvalue weighted by molar-refractivity contribution is 0.494. The zero-order valence-electron chi connectivity index (χ0n) is 38.8. The van der Waals surface area contributed by atoms with E-state index >= 15 is 0 Å². The van der Waals surface area contributed by atoms with Crippen molar-refractivity contribution in [2.45, 2.75) is 119 Å². The van der Waals surface area contributed by atoms with Crippen LogP contribution in [0.15, 0.2) is 121 Å². The minimum atomic E-state index is -0.767. The molecule has 6 aromatic rings. The number of halogens is 10. The van der Waals surface area contributed by atoms with Crippen LogP contribution in [0.4, 0.5) is 43.9 Å². The van der Waals surface area contributed by atoms with Crippen molar-refractivity contribution in [3.8, 4) is 0 Å². The van der Waals surface area contributed by atoms with Crippen molar-refractivity contribution < 1.29 is 43.9 Å². The van der Waals surface area contributed by atoms with E-state index in [0.717, 1.165) is 35.4 Å². The van der Waals surface area contributed by atoms with Gasteiger partial charge in [-0.1, -0.05) is 138 Å². The highest BCUT2D eigenvalue weighted by atomic mass is 19.2. The molecule has 0 heterocycles. The summed E-state index contributed by atoms with van der Waals surface area (Å²) in [4.78, 5) is 0. The van der Waals surface area contributed by atoms with E-state index in [-0.39, 0.29) is 58.4 Å².